The molecule has 3 heterocycles. The summed E-state index contributed by atoms with van der Waals surface area (Å²) in [6.07, 6.45) is 3.66. The van der Waals surface area contributed by atoms with Crippen LogP contribution in [0.4, 0.5) is 5.82 Å². The molecule has 1 amide bonds. The lowest BCUT2D eigenvalue weighted by Crippen LogP contribution is -2.26. The molecule has 0 unspecified atom stereocenters. The predicted molar refractivity (Wildman–Crippen MR) is 95.5 cm³/mol. The van der Waals surface area contributed by atoms with Crippen LogP contribution in [0.1, 0.15) is 24.0 Å². The molecule has 0 bridgehead atoms. The van der Waals surface area contributed by atoms with Gasteiger partial charge in [-0.25, -0.2) is 18.1 Å². The average molecular weight is 373 g/mol. The van der Waals surface area contributed by atoms with Crippen molar-refractivity contribution in [1.29, 1.82) is 0 Å². The van der Waals surface area contributed by atoms with Crippen molar-refractivity contribution >= 4 is 21.7 Å². The maximum atomic E-state index is 12.6. The quantitative estimate of drug-likeness (QED) is 0.860. The van der Waals surface area contributed by atoms with Crippen molar-refractivity contribution in [2.45, 2.75) is 30.7 Å². The van der Waals surface area contributed by atoms with E-state index < -0.39 is 10.0 Å². The van der Waals surface area contributed by atoms with Crippen molar-refractivity contribution < 1.29 is 17.9 Å². The fourth-order valence-electron chi connectivity index (χ4n) is 3.20. The number of rotatable bonds is 5. The van der Waals surface area contributed by atoms with Crippen molar-refractivity contribution in [2.24, 2.45) is 0 Å². The van der Waals surface area contributed by atoms with E-state index in [0.717, 1.165) is 29.7 Å². The Labute approximate surface area is 152 Å². The molecule has 1 saturated heterocycles. The van der Waals surface area contributed by atoms with Crippen LogP contribution in [-0.4, -0.2) is 32.5 Å². The van der Waals surface area contributed by atoms with Crippen LogP contribution in [0.3, 0.4) is 0 Å². The highest BCUT2D eigenvalue weighted by Crippen LogP contribution is 2.27. The smallest absolute Gasteiger partial charge is 0.240 e. The van der Waals surface area contributed by atoms with E-state index in [1.807, 2.05) is 0 Å². The van der Waals surface area contributed by atoms with Gasteiger partial charge in [0.25, 0.3) is 0 Å². The molecule has 26 heavy (non-hydrogen) atoms. The zero-order valence-electron chi connectivity index (χ0n) is 14.1. The minimum atomic E-state index is -3.63. The molecule has 0 aliphatic carbocycles. The molecular formula is C18H19N3O4S. The van der Waals surface area contributed by atoms with Gasteiger partial charge < -0.3 is 4.74 Å². The molecule has 2 aromatic rings. The zero-order chi connectivity index (χ0) is 18.1. The number of nitrogens with zero attached hydrogens (tertiary/aromatic N) is 2. The van der Waals surface area contributed by atoms with E-state index in [1.54, 1.807) is 41.4 Å². The second-order valence-corrected chi connectivity index (χ2v) is 8.13. The van der Waals surface area contributed by atoms with Crippen molar-refractivity contribution in [1.82, 2.24) is 9.71 Å². The third kappa shape index (κ3) is 3.30. The summed E-state index contributed by atoms with van der Waals surface area (Å²) in [6, 6.07) is 8.39. The molecule has 4 rings (SSSR count). The molecule has 0 atom stereocenters. The van der Waals surface area contributed by atoms with Crippen LogP contribution in [0, 0.1) is 0 Å². The molecule has 7 nitrogen and oxygen atoms in total. The number of carbonyl (C=O) groups is 1. The summed E-state index contributed by atoms with van der Waals surface area (Å²) in [6.45, 7) is 1.37. The molecule has 0 spiro atoms. The van der Waals surface area contributed by atoms with E-state index in [9.17, 15) is 13.2 Å². The van der Waals surface area contributed by atoms with Gasteiger partial charge in [0.15, 0.2) is 0 Å². The molecule has 2 aliphatic heterocycles. The van der Waals surface area contributed by atoms with Gasteiger partial charge in [0.2, 0.25) is 15.9 Å². The standard InChI is InChI=1S/C18H19N3O4S/c22-18-2-1-8-21(18)17-10-13(5-7-19-17)12-20-26(23,24)15-3-4-16-14(11-15)6-9-25-16/h3-5,7,10-11,20H,1-2,6,8-9,12H2. The van der Waals surface area contributed by atoms with Gasteiger partial charge in [-0.3, -0.25) is 9.69 Å². The SMILES string of the molecule is O=C1CCCN1c1cc(CNS(=O)(=O)c2ccc3c(c2)CCO3)ccn1. The number of pyridine rings is 1. The molecule has 0 saturated carbocycles. The first-order valence-electron chi connectivity index (χ1n) is 8.54. The van der Waals surface area contributed by atoms with E-state index in [0.29, 0.717) is 25.4 Å². The van der Waals surface area contributed by atoms with Crippen LogP contribution in [0.2, 0.25) is 0 Å². The van der Waals surface area contributed by atoms with Crippen LogP contribution >= 0.6 is 0 Å². The molecule has 1 aromatic carbocycles. The van der Waals surface area contributed by atoms with Crippen molar-refractivity contribution in [3.8, 4) is 5.75 Å². The number of ether oxygens (including phenoxy) is 1. The Morgan fingerprint density at radius 3 is 2.88 bits per heavy atom. The summed E-state index contributed by atoms with van der Waals surface area (Å²) in [5, 5.41) is 0. The molecule has 8 heteroatoms. The van der Waals surface area contributed by atoms with Crippen LogP contribution in [0.15, 0.2) is 41.4 Å². The van der Waals surface area contributed by atoms with Gasteiger partial charge >= 0.3 is 0 Å². The number of carbonyl (C=O) groups excluding carboxylic acids is 1. The first kappa shape index (κ1) is 17.0. The van der Waals surface area contributed by atoms with Crippen LogP contribution < -0.4 is 14.4 Å². The third-order valence-electron chi connectivity index (χ3n) is 4.60. The van der Waals surface area contributed by atoms with Gasteiger partial charge in [-0.15, -0.1) is 0 Å². The van der Waals surface area contributed by atoms with E-state index in [-0.39, 0.29) is 17.3 Å². The summed E-state index contributed by atoms with van der Waals surface area (Å²) in [5.41, 5.74) is 1.66. The number of hydrogen-bond acceptors (Lipinski definition) is 5. The van der Waals surface area contributed by atoms with Gasteiger partial charge in [0, 0.05) is 32.1 Å². The van der Waals surface area contributed by atoms with Gasteiger partial charge in [0.1, 0.15) is 11.6 Å². The Morgan fingerprint density at radius 2 is 2.08 bits per heavy atom. The Hall–Kier alpha value is -2.45. The summed E-state index contributed by atoms with van der Waals surface area (Å²) in [7, 11) is -3.63. The zero-order valence-corrected chi connectivity index (χ0v) is 15.0. The second-order valence-electron chi connectivity index (χ2n) is 6.36. The summed E-state index contributed by atoms with van der Waals surface area (Å²) in [4.78, 5) is 17.9. The third-order valence-corrected chi connectivity index (χ3v) is 6.00. The monoisotopic (exact) mass is 373 g/mol. The van der Waals surface area contributed by atoms with Gasteiger partial charge in [-0.05, 0) is 47.9 Å². The first-order valence-corrected chi connectivity index (χ1v) is 10.0. The number of aromatic nitrogens is 1. The highest BCUT2D eigenvalue weighted by molar-refractivity contribution is 7.89. The predicted octanol–water partition coefficient (Wildman–Crippen LogP) is 1.62. The number of sulfonamides is 1. The summed E-state index contributed by atoms with van der Waals surface area (Å²) >= 11 is 0. The fourth-order valence-corrected chi connectivity index (χ4v) is 4.27. The molecule has 2 aliphatic rings. The summed E-state index contributed by atoms with van der Waals surface area (Å²) in [5.74, 6) is 1.37. The lowest BCUT2D eigenvalue weighted by atomic mass is 10.2. The number of nitrogens with one attached hydrogen (secondary N) is 1. The van der Waals surface area contributed by atoms with Crippen LogP contribution in [0.25, 0.3) is 0 Å². The summed E-state index contributed by atoms with van der Waals surface area (Å²) < 4.78 is 33.2. The van der Waals surface area contributed by atoms with E-state index in [4.69, 9.17) is 4.74 Å². The molecule has 1 aromatic heterocycles. The normalized spacial score (nSPS) is 16.6. The Kier molecular flexibility index (Phi) is 4.37. The highest BCUT2D eigenvalue weighted by Gasteiger charge is 2.23. The maximum absolute atomic E-state index is 12.6. The van der Waals surface area contributed by atoms with Gasteiger partial charge in [0.05, 0.1) is 11.5 Å². The van der Waals surface area contributed by atoms with Crippen molar-refractivity contribution in [3.63, 3.8) is 0 Å². The maximum Gasteiger partial charge on any atom is 0.240 e. The Balaban J connectivity index is 1.49. The molecule has 136 valence electrons. The van der Waals surface area contributed by atoms with E-state index in [1.165, 1.54) is 0 Å². The van der Waals surface area contributed by atoms with Crippen LogP contribution in [0.5, 0.6) is 5.75 Å². The number of hydrogen-bond donors (Lipinski definition) is 1. The lowest BCUT2D eigenvalue weighted by Gasteiger charge is -2.15. The number of anilines is 1. The van der Waals surface area contributed by atoms with Crippen molar-refractivity contribution in [3.05, 3.63) is 47.7 Å². The molecular weight excluding hydrogens is 354 g/mol. The van der Waals surface area contributed by atoms with E-state index >= 15 is 0 Å². The molecule has 0 radical (unpaired) electrons. The molecule has 1 N–H and O–H groups in total. The highest BCUT2D eigenvalue weighted by atomic mass is 32.2. The Bertz CT molecular complexity index is 959. The number of benzene rings is 1. The topological polar surface area (TPSA) is 88.6 Å². The molecule has 1 fully saturated rings. The largest absolute Gasteiger partial charge is 0.493 e. The number of amides is 1. The second kappa shape index (κ2) is 6.69. The lowest BCUT2D eigenvalue weighted by molar-refractivity contribution is -0.117. The van der Waals surface area contributed by atoms with Crippen molar-refractivity contribution in [2.75, 3.05) is 18.1 Å². The van der Waals surface area contributed by atoms with Gasteiger partial charge in [-0.2, -0.15) is 0 Å². The first-order chi connectivity index (χ1) is 12.5. The average Bonchev–Trinajstić information content (AvgIpc) is 3.28. The minimum Gasteiger partial charge on any atom is -0.493 e. The Morgan fingerprint density at radius 1 is 1.19 bits per heavy atom. The van der Waals surface area contributed by atoms with Gasteiger partial charge in [-0.1, -0.05) is 0 Å². The fraction of sp³-hybridized carbons (Fsp3) is 0.333. The number of fused-ring (bicyclic) bond motifs is 1. The minimum absolute atomic E-state index is 0.0515. The van der Waals surface area contributed by atoms with E-state index in [2.05, 4.69) is 9.71 Å². The van der Waals surface area contributed by atoms with Crippen LogP contribution in [-0.2, 0) is 27.8 Å².